The molecule has 1 atom stereocenters. The quantitative estimate of drug-likeness (QED) is 0.851. The van der Waals surface area contributed by atoms with Crippen molar-refractivity contribution in [3.05, 3.63) is 29.6 Å². The van der Waals surface area contributed by atoms with Gasteiger partial charge in [-0.3, -0.25) is 9.88 Å². The molecule has 1 unspecified atom stereocenters. The van der Waals surface area contributed by atoms with Crippen molar-refractivity contribution in [2.24, 2.45) is 0 Å². The third kappa shape index (κ3) is 3.19. The lowest BCUT2D eigenvalue weighted by Gasteiger charge is -2.44. The van der Waals surface area contributed by atoms with Gasteiger partial charge in [0.25, 0.3) is 0 Å². The smallest absolute Gasteiger partial charge is 0.211 e. The van der Waals surface area contributed by atoms with Crippen molar-refractivity contribution in [3.8, 4) is 0 Å². The summed E-state index contributed by atoms with van der Waals surface area (Å²) in [6.07, 6.45) is 5.35. The highest BCUT2D eigenvalue weighted by atomic mass is 32.2. The van der Waals surface area contributed by atoms with E-state index < -0.39 is 10.0 Å². The van der Waals surface area contributed by atoms with Crippen LogP contribution in [0.2, 0.25) is 0 Å². The Morgan fingerprint density at radius 1 is 1.23 bits per heavy atom. The van der Waals surface area contributed by atoms with Crippen LogP contribution in [-0.2, 0) is 16.6 Å². The van der Waals surface area contributed by atoms with Crippen LogP contribution < -0.4 is 0 Å². The third-order valence-corrected chi connectivity index (χ3v) is 6.27. The number of nitrogens with zero attached hydrogens (tertiary/aromatic N) is 3. The summed E-state index contributed by atoms with van der Waals surface area (Å²) in [5.41, 5.74) is 1.92. The molecule has 0 aromatic carbocycles. The second kappa shape index (κ2) is 5.91. The van der Waals surface area contributed by atoms with Crippen LogP contribution >= 0.6 is 0 Å². The molecule has 5 nitrogen and oxygen atoms in total. The van der Waals surface area contributed by atoms with Gasteiger partial charge in [-0.15, -0.1) is 0 Å². The van der Waals surface area contributed by atoms with Crippen molar-refractivity contribution in [1.29, 1.82) is 0 Å². The average molecular weight is 323 g/mol. The zero-order valence-electron chi connectivity index (χ0n) is 13.5. The van der Waals surface area contributed by atoms with E-state index in [2.05, 4.69) is 16.0 Å². The minimum absolute atomic E-state index is 0.185. The van der Waals surface area contributed by atoms with Gasteiger partial charge in [-0.1, -0.05) is 6.07 Å². The number of piperidine rings is 1. The van der Waals surface area contributed by atoms with Crippen LogP contribution in [0.25, 0.3) is 0 Å². The van der Waals surface area contributed by atoms with Crippen molar-refractivity contribution in [2.75, 3.05) is 25.9 Å². The van der Waals surface area contributed by atoms with Crippen molar-refractivity contribution in [1.82, 2.24) is 14.2 Å². The molecule has 2 fully saturated rings. The van der Waals surface area contributed by atoms with Crippen molar-refractivity contribution >= 4 is 10.0 Å². The van der Waals surface area contributed by atoms with Crippen LogP contribution in [0, 0.1) is 6.92 Å². The molecule has 6 heteroatoms. The molecule has 3 rings (SSSR count). The lowest BCUT2D eigenvalue weighted by molar-refractivity contribution is 0.0833. The number of sulfonamides is 1. The number of pyridine rings is 1. The van der Waals surface area contributed by atoms with Crippen LogP contribution in [0.3, 0.4) is 0 Å². The van der Waals surface area contributed by atoms with E-state index in [0.29, 0.717) is 6.54 Å². The van der Waals surface area contributed by atoms with Gasteiger partial charge in [-0.2, -0.15) is 4.31 Å². The highest BCUT2D eigenvalue weighted by Crippen LogP contribution is 2.39. The van der Waals surface area contributed by atoms with Crippen molar-refractivity contribution < 1.29 is 8.42 Å². The molecule has 0 amide bonds. The maximum atomic E-state index is 12.1. The predicted octanol–water partition coefficient (Wildman–Crippen LogP) is 1.78. The summed E-state index contributed by atoms with van der Waals surface area (Å²) in [4.78, 5) is 6.95. The summed E-state index contributed by atoms with van der Waals surface area (Å²) in [6, 6.07) is 6.09. The lowest BCUT2D eigenvalue weighted by Crippen LogP contribution is -2.56. The lowest BCUT2D eigenvalue weighted by atomic mass is 9.87. The SMILES string of the molecule is Cc1cccc(CN2CCCC3(CCCN3S(C)(=O)=O)C2)n1. The molecule has 1 spiro atoms. The molecule has 0 saturated carbocycles. The average Bonchev–Trinajstić information content (AvgIpc) is 2.82. The van der Waals surface area contributed by atoms with E-state index in [1.165, 1.54) is 6.26 Å². The topological polar surface area (TPSA) is 53.5 Å². The van der Waals surface area contributed by atoms with Gasteiger partial charge in [0.1, 0.15) is 0 Å². The number of aromatic nitrogens is 1. The van der Waals surface area contributed by atoms with Crippen LogP contribution in [0.1, 0.15) is 37.1 Å². The number of aryl methyl sites for hydroxylation is 1. The predicted molar refractivity (Wildman–Crippen MR) is 87.0 cm³/mol. The zero-order valence-corrected chi connectivity index (χ0v) is 14.3. The van der Waals surface area contributed by atoms with E-state index in [-0.39, 0.29) is 5.54 Å². The Morgan fingerprint density at radius 3 is 2.64 bits per heavy atom. The normalized spacial score (nSPS) is 27.5. The second-order valence-corrected chi connectivity index (χ2v) is 8.65. The molecule has 1 aromatic rings. The summed E-state index contributed by atoms with van der Waals surface area (Å²) < 4.78 is 26.0. The molecule has 0 radical (unpaired) electrons. The highest BCUT2D eigenvalue weighted by molar-refractivity contribution is 7.88. The summed E-state index contributed by atoms with van der Waals surface area (Å²) in [5, 5.41) is 0. The fourth-order valence-corrected chi connectivity index (χ4v) is 5.50. The Balaban J connectivity index is 1.76. The van der Waals surface area contributed by atoms with Gasteiger partial charge in [0.15, 0.2) is 0 Å². The van der Waals surface area contributed by atoms with Crippen LogP contribution in [0.15, 0.2) is 18.2 Å². The molecule has 0 N–H and O–H groups in total. The maximum absolute atomic E-state index is 12.1. The van der Waals surface area contributed by atoms with Gasteiger partial charge in [0.05, 0.1) is 11.9 Å². The van der Waals surface area contributed by atoms with Gasteiger partial charge in [0.2, 0.25) is 10.0 Å². The fourth-order valence-electron chi connectivity index (χ4n) is 4.10. The number of likely N-dealkylation sites (tertiary alicyclic amines) is 1. The molecule has 2 aliphatic heterocycles. The summed E-state index contributed by atoms with van der Waals surface area (Å²) in [5.74, 6) is 0. The van der Waals surface area contributed by atoms with E-state index in [1.807, 2.05) is 19.1 Å². The van der Waals surface area contributed by atoms with Gasteiger partial charge in [-0.05, 0) is 51.3 Å². The van der Waals surface area contributed by atoms with Gasteiger partial charge < -0.3 is 0 Å². The van der Waals surface area contributed by atoms with Gasteiger partial charge in [-0.25, -0.2) is 8.42 Å². The summed E-state index contributed by atoms with van der Waals surface area (Å²) >= 11 is 0. The highest BCUT2D eigenvalue weighted by Gasteiger charge is 2.47. The van der Waals surface area contributed by atoms with Crippen LogP contribution in [-0.4, -0.2) is 54.0 Å². The van der Waals surface area contributed by atoms with E-state index in [9.17, 15) is 8.42 Å². The number of hydrogen-bond donors (Lipinski definition) is 0. The van der Waals surface area contributed by atoms with Gasteiger partial charge in [0, 0.05) is 30.9 Å². The maximum Gasteiger partial charge on any atom is 0.211 e. The Hall–Kier alpha value is -0.980. The molecule has 122 valence electrons. The minimum atomic E-state index is -3.12. The second-order valence-electron chi connectivity index (χ2n) is 6.75. The van der Waals surface area contributed by atoms with E-state index in [0.717, 1.165) is 56.7 Å². The summed E-state index contributed by atoms with van der Waals surface area (Å²) in [7, 11) is -3.12. The zero-order chi connectivity index (χ0) is 15.8. The Labute approximate surface area is 133 Å². The fraction of sp³-hybridized carbons (Fsp3) is 0.688. The summed E-state index contributed by atoms with van der Waals surface area (Å²) in [6.45, 7) is 5.34. The number of rotatable bonds is 3. The molecule has 3 heterocycles. The first-order chi connectivity index (χ1) is 10.4. The molecule has 1 aromatic heterocycles. The first-order valence-corrected chi connectivity index (χ1v) is 9.87. The third-order valence-electron chi connectivity index (χ3n) is 4.90. The molecule has 2 saturated heterocycles. The Kier molecular flexibility index (Phi) is 4.27. The van der Waals surface area contributed by atoms with Crippen LogP contribution in [0.4, 0.5) is 0 Å². The molecular weight excluding hydrogens is 298 g/mol. The molecule has 22 heavy (non-hydrogen) atoms. The van der Waals surface area contributed by atoms with E-state index >= 15 is 0 Å². The molecule has 0 aliphatic carbocycles. The van der Waals surface area contributed by atoms with Crippen molar-refractivity contribution in [2.45, 2.75) is 44.7 Å². The van der Waals surface area contributed by atoms with E-state index in [4.69, 9.17) is 0 Å². The van der Waals surface area contributed by atoms with Crippen LogP contribution in [0.5, 0.6) is 0 Å². The first-order valence-electron chi connectivity index (χ1n) is 8.02. The largest absolute Gasteiger partial charge is 0.296 e. The monoisotopic (exact) mass is 323 g/mol. The van der Waals surface area contributed by atoms with Crippen molar-refractivity contribution in [3.63, 3.8) is 0 Å². The standard InChI is InChI=1S/C16H25N3O2S/c1-14-6-3-7-15(17-14)12-18-10-4-8-16(13-18)9-5-11-19(16)22(2,20)21/h3,6-7H,4-5,8-13H2,1-2H3. The minimum Gasteiger partial charge on any atom is -0.296 e. The Morgan fingerprint density at radius 2 is 1.95 bits per heavy atom. The molecule has 2 aliphatic rings. The molecular formula is C16H25N3O2S. The van der Waals surface area contributed by atoms with E-state index in [1.54, 1.807) is 4.31 Å². The van der Waals surface area contributed by atoms with Gasteiger partial charge >= 0.3 is 0 Å². The Bertz CT molecular complexity index is 647. The number of hydrogen-bond acceptors (Lipinski definition) is 4. The molecule has 0 bridgehead atoms. The first kappa shape index (κ1) is 15.9.